The van der Waals surface area contributed by atoms with E-state index in [9.17, 15) is 18.0 Å². The van der Waals surface area contributed by atoms with Gasteiger partial charge in [-0.25, -0.2) is 8.42 Å². The van der Waals surface area contributed by atoms with E-state index in [0.29, 0.717) is 17.9 Å². The maximum absolute atomic E-state index is 11.7. The van der Waals surface area contributed by atoms with Gasteiger partial charge in [-0.3, -0.25) is 9.59 Å². The van der Waals surface area contributed by atoms with E-state index in [1.807, 2.05) is 12.1 Å². The third-order valence-electron chi connectivity index (χ3n) is 3.57. The van der Waals surface area contributed by atoms with E-state index in [4.69, 9.17) is 11.6 Å². The fourth-order valence-corrected chi connectivity index (χ4v) is 4.29. The minimum Gasteiger partial charge on any atom is -0.351 e. The van der Waals surface area contributed by atoms with Gasteiger partial charge in [-0.05, 0) is 30.5 Å². The number of carbonyl (C=O) groups is 2. The highest BCUT2D eigenvalue weighted by atomic mass is 35.5. The molecule has 0 radical (unpaired) electrons. The standard InChI is InChI=1S/C15H19ClN2O4S/c16-12-3-1-2-11(8-12)4-5-14(19)17-9-15(20)18-13-6-7-23(21,22)10-13/h1-3,8,13H,4-7,9-10H2,(H,17,19)(H,18,20). The van der Waals surface area contributed by atoms with Crippen LogP contribution in [0.15, 0.2) is 24.3 Å². The smallest absolute Gasteiger partial charge is 0.239 e. The number of hydrogen-bond donors (Lipinski definition) is 2. The van der Waals surface area contributed by atoms with Crippen LogP contribution in [-0.4, -0.2) is 44.3 Å². The molecule has 1 atom stereocenters. The third kappa shape index (κ3) is 6.19. The molecule has 1 aromatic carbocycles. The fourth-order valence-electron chi connectivity index (χ4n) is 2.41. The molecule has 6 nitrogen and oxygen atoms in total. The number of sulfone groups is 1. The van der Waals surface area contributed by atoms with Crippen molar-refractivity contribution >= 4 is 33.3 Å². The molecule has 0 spiro atoms. The van der Waals surface area contributed by atoms with Gasteiger partial charge < -0.3 is 10.6 Å². The highest BCUT2D eigenvalue weighted by Crippen LogP contribution is 2.12. The normalized spacial score (nSPS) is 19.3. The molecule has 23 heavy (non-hydrogen) atoms. The molecule has 0 aliphatic carbocycles. The van der Waals surface area contributed by atoms with Crippen LogP contribution in [0.5, 0.6) is 0 Å². The van der Waals surface area contributed by atoms with Crippen LogP contribution in [0, 0.1) is 0 Å². The van der Waals surface area contributed by atoms with Crippen LogP contribution < -0.4 is 10.6 Å². The van der Waals surface area contributed by atoms with Gasteiger partial charge in [0.1, 0.15) is 0 Å². The molecule has 1 saturated heterocycles. The summed E-state index contributed by atoms with van der Waals surface area (Å²) in [6.07, 6.45) is 1.22. The lowest BCUT2D eigenvalue weighted by Crippen LogP contribution is -2.42. The minimum absolute atomic E-state index is 0.0263. The average Bonchev–Trinajstić information content (AvgIpc) is 2.82. The van der Waals surface area contributed by atoms with Crippen molar-refractivity contribution in [1.29, 1.82) is 0 Å². The molecule has 2 N–H and O–H groups in total. The van der Waals surface area contributed by atoms with Gasteiger partial charge in [0.05, 0.1) is 18.1 Å². The van der Waals surface area contributed by atoms with Gasteiger partial charge in [0.25, 0.3) is 0 Å². The van der Waals surface area contributed by atoms with Gasteiger partial charge in [-0.1, -0.05) is 23.7 Å². The largest absolute Gasteiger partial charge is 0.351 e. The molecule has 0 aromatic heterocycles. The van der Waals surface area contributed by atoms with Crippen LogP contribution in [0.1, 0.15) is 18.4 Å². The van der Waals surface area contributed by atoms with Crippen molar-refractivity contribution in [2.45, 2.75) is 25.3 Å². The zero-order chi connectivity index (χ0) is 16.9. The van der Waals surface area contributed by atoms with Crippen molar-refractivity contribution in [1.82, 2.24) is 10.6 Å². The van der Waals surface area contributed by atoms with Crippen molar-refractivity contribution in [3.05, 3.63) is 34.9 Å². The summed E-state index contributed by atoms with van der Waals surface area (Å²) in [6.45, 7) is -0.148. The Morgan fingerprint density at radius 1 is 1.26 bits per heavy atom. The summed E-state index contributed by atoms with van der Waals surface area (Å²) in [4.78, 5) is 23.4. The van der Waals surface area contributed by atoms with E-state index in [1.54, 1.807) is 12.1 Å². The Kier molecular flexibility index (Phi) is 6.01. The molecular weight excluding hydrogens is 340 g/mol. The molecule has 0 saturated carbocycles. The van der Waals surface area contributed by atoms with Crippen LogP contribution in [0.3, 0.4) is 0 Å². The van der Waals surface area contributed by atoms with E-state index in [0.717, 1.165) is 5.56 Å². The Bertz CT molecular complexity index is 690. The summed E-state index contributed by atoms with van der Waals surface area (Å²) in [7, 11) is -3.03. The number of amides is 2. The Balaban J connectivity index is 1.67. The molecular formula is C15H19ClN2O4S. The zero-order valence-corrected chi connectivity index (χ0v) is 14.1. The van der Waals surface area contributed by atoms with Gasteiger partial charge in [0.2, 0.25) is 11.8 Å². The van der Waals surface area contributed by atoms with Crippen LogP contribution in [0.25, 0.3) is 0 Å². The second kappa shape index (κ2) is 7.79. The van der Waals surface area contributed by atoms with Gasteiger partial charge in [0.15, 0.2) is 9.84 Å². The van der Waals surface area contributed by atoms with Gasteiger partial charge in [-0.15, -0.1) is 0 Å². The van der Waals surface area contributed by atoms with Crippen LogP contribution in [0.4, 0.5) is 0 Å². The quantitative estimate of drug-likeness (QED) is 0.782. The zero-order valence-electron chi connectivity index (χ0n) is 12.5. The molecule has 1 aromatic rings. The van der Waals surface area contributed by atoms with Crippen LogP contribution in [0.2, 0.25) is 5.02 Å². The molecule has 1 unspecified atom stereocenters. The summed E-state index contributed by atoms with van der Waals surface area (Å²) in [5.41, 5.74) is 0.952. The predicted molar refractivity (Wildman–Crippen MR) is 88.0 cm³/mol. The molecule has 2 amide bonds. The lowest BCUT2D eigenvalue weighted by molar-refractivity contribution is -0.126. The number of aryl methyl sites for hydroxylation is 1. The average molecular weight is 359 g/mol. The third-order valence-corrected chi connectivity index (χ3v) is 5.58. The summed E-state index contributed by atoms with van der Waals surface area (Å²) in [6, 6.07) is 6.90. The lowest BCUT2D eigenvalue weighted by atomic mass is 10.1. The van der Waals surface area contributed by atoms with Gasteiger partial charge >= 0.3 is 0 Å². The Morgan fingerprint density at radius 2 is 2.04 bits per heavy atom. The second-order valence-corrected chi connectivity index (χ2v) is 8.24. The molecule has 1 aliphatic heterocycles. The van der Waals surface area contributed by atoms with E-state index in [1.165, 1.54) is 0 Å². The molecule has 2 rings (SSSR count). The van der Waals surface area contributed by atoms with Crippen LogP contribution >= 0.6 is 11.6 Å². The SMILES string of the molecule is O=C(CCc1cccc(Cl)c1)NCC(=O)NC1CCS(=O)(=O)C1. The Hall–Kier alpha value is -1.60. The Labute approximate surface area is 140 Å². The first-order valence-corrected chi connectivity index (χ1v) is 9.55. The van der Waals surface area contributed by atoms with Crippen LogP contribution in [-0.2, 0) is 25.8 Å². The number of halogens is 1. The maximum Gasteiger partial charge on any atom is 0.239 e. The monoisotopic (exact) mass is 358 g/mol. The second-order valence-electron chi connectivity index (χ2n) is 5.57. The van der Waals surface area contributed by atoms with E-state index >= 15 is 0 Å². The van der Waals surface area contributed by atoms with Crippen molar-refractivity contribution in [2.75, 3.05) is 18.1 Å². The first kappa shape index (κ1) is 17.7. The number of carbonyl (C=O) groups excluding carboxylic acids is 2. The van der Waals surface area contributed by atoms with E-state index in [-0.39, 0.29) is 42.3 Å². The molecule has 8 heteroatoms. The number of nitrogens with one attached hydrogen (secondary N) is 2. The first-order chi connectivity index (χ1) is 10.8. The predicted octanol–water partition coefficient (Wildman–Crippen LogP) is 0.692. The van der Waals surface area contributed by atoms with Crippen molar-refractivity contribution in [2.24, 2.45) is 0 Å². The minimum atomic E-state index is -3.03. The van der Waals surface area contributed by atoms with Gasteiger partial charge in [-0.2, -0.15) is 0 Å². The highest BCUT2D eigenvalue weighted by Gasteiger charge is 2.28. The summed E-state index contributed by atoms with van der Waals surface area (Å²) < 4.78 is 22.6. The molecule has 126 valence electrons. The summed E-state index contributed by atoms with van der Waals surface area (Å²) in [5, 5.41) is 5.77. The number of benzene rings is 1. The van der Waals surface area contributed by atoms with E-state index in [2.05, 4.69) is 10.6 Å². The maximum atomic E-state index is 11.7. The molecule has 0 bridgehead atoms. The number of hydrogen-bond acceptors (Lipinski definition) is 4. The lowest BCUT2D eigenvalue weighted by Gasteiger charge is -2.11. The molecule has 1 aliphatic rings. The fraction of sp³-hybridized carbons (Fsp3) is 0.467. The number of rotatable bonds is 6. The molecule has 1 heterocycles. The topological polar surface area (TPSA) is 92.3 Å². The van der Waals surface area contributed by atoms with Gasteiger partial charge in [0, 0.05) is 17.5 Å². The van der Waals surface area contributed by atoms with Crippen molar-refractivity contribution < 1.29 is 18.0 Å². The first-order valence-electron chi connectivity index (χ1n) is 7.35. The Morgan fingerprint density at radius 3 is 2.70 bits per heavy atom. The van der Waals surface area contributed by atoms with Crippen molar-refractivity contribution in [3.8, 4) is 0 Å². The van der Waals surface area contributed by atoms with E-state index < -0.39 is 9.84 Å². The highest BCUT2D eigenvalue weighted by molar-refractivity contribution is 7.91. The van der Waals surface area contributed by atoms with Crippen molar-refractivity contribution in [3.63, 3.8) is 0 Å². The summed E-state index contributed by atoms with van der Waals surface area (Å²) in [5.74, 6) is -0.534. The molecule has 1 fully saturated rings. The summed E-state index contributed by atoms with van der Waals surface area (Å²) >= 11 is 5.87.